The van der Waals surface area contributed by atoms with E-state index in [0.29, 0.717) is 18.5 Å². The van der Waals surface area contributed by atoms with Crippen molar-refractivity contribution >= 4 is 19.1 Å². The molecule has 0 saturated carbocycles. The third kappa shape index (κ3) is 4.14. The van der Waals surface area contributed by atoms with Crippen LogP contribution < -0.4 is 5.46 Å². The maximum Gasteiger partial charge on any atom is 0.488 e. The molecule has 0 bridgehead atoms. The third-order valence-electron chi connectivity index (χ3n) is 2.07. The van der Waals surface area contributed by atoms with E-state index in [1.807, 2.05) is 12.1 Å². The van der Waals surface area contributed by atoms with Crippen molar-refractivity contribution < 1.29 is 19.6 Å². The summed E-state index contributed by atoms with van der Waals surface area (Å²) in [7, 11) is -1.42. The smallest absolute Gasteiger partial charge is 0.468 e. The zero-order chi connectivity index (χ0) is 11.1. The van der Waals surface area contributed by atoms with Crippen molar-refractivity contribution in [1.29, 1.82) is 0 Å². The highest BCUT2D eigenvalue weighted by Gasteiger charge is 2.09. The number of aryl methyl sites for hydroxylation is 1. The summed E-state index contributed by atoms with van der Waals surface area (Å²) in [6, 6.07) is 6.99. The maximum atomic E-state index is 9.86. The first-order valence-electron chi connectivity index (χ1n) is 4.74. The Balaban J connectivity index is 2.39. The van der Waals surface area contributed by atoms with E-state index in [4.69, 9.17) is 10.0 Å². The Morgan fingerprint density at radius 1 is 1.27 bits per heavy atom. The Kier molecular flexibility index (Phi) is 4.87. The van der Waals surface area contributed by atoms with E-state index in [2.05, 4.69) is 4.74 Å². The van der Waals surface area contributed by atoms with E-state index in [0.717, 1.165) is 18.4 Å². The Bertz CT molecular complexity index is 297. The van der Waals surface area contributed by atoms with Gasteiger partial charge in [0.15, 0.2) is 0 Å². The molecule has 0 aliphatic heterocycles. The van der Waals surface area contributed by atoms with Crippen molar-refractivity contribution in [3.05, 3.63) is 29.8 Å². The Morgan fingerprint density at radius 3 is 2.47 bits per heavy atom. The number of hydrogen-bond acceptors (Lipinski definition) is 4. The summed E-state index contributed by atoms with van der Waals surface area (Å²) in [5.41, 5.74) is 1.55. The minimum Gasteiger partial charge on any atom is -0.468 e. The van der Waals surface area contributed by atoms with Gasteiger partial charge in [0.05, 0.1) is 6.61 Å². The lowest BCUT2D eigenvalue weighted by molar-refractivity contribution is -0.128. The molecule has 0 spiro atoms. The minimum absolute atomic E-state index is 0.411. The summed E-state index contributed by atoms with van der Waals surface area (Å²) in [6.07, 6.45) is 1.56. The lowest BCUT2D eigenvalue weighted by atomic mass is 9.80. The van der Waals surface area contributed by atoms with Crippen LogP contribution >= 0.6 is 0 Å². The molecule has 0 unspecified atom stereocenters. The van der Waals surface area contributed by atoms with Crippen LogP contribution in [0.15, 0.2) is 24.3 Å². The first-order valence-corrected chi connectivity index (χ1v) is 4.74. The van der Waals surface area contributed by atoms with Gasteiger partial charge in [-0.3, -0.25) is 4.79 Å². The molecule has 5 heteroatoms. The Labute approximate surface area is 88.6 Å². The number of ether oxygens (including phenoxy) is 1. The van der Waals surface area contributed by atoms with E-state index >= 15 is 0 Å². The number of benzene rings is 1. The standard InChI is InChI=1S/C10H13BO4/c12-8-15-7-1-2-9-3-5-10(6-4-9)11(13)14/h3-6,8,13-14H,1-2,7H2. The summed E-state index contributed by atoms with van der Waals surface area (Å²) < 4.78 is 4.56. The molecule has 0 aliphatic carbocycles. The van der Waals surface area contributed by atoms with Gasteiger partial charge < -0.3 is 14.8 Å². The van der Waals surface area contributed by atoms with Crippen LogP contribution in [0.2, 0.25) is 0 Å². The molecule has 1 rings (SSSR count). The molecule has 0 atom stereocenters. The van der Waals surface area contributed by atoms with Crippen LogP contribution in [0, 0.1) is 0 Å². The molecule has 1 aromatic carbocycles. The highest BCUT2D eigenvalue weighted by atomic mass is 16.5. The molecule has 1 aromatic rings. The Morgan fingerprint density at radius 2 is 1.93 bits per heavy atom. The summed E-state index contributed by atoms with van der Waals surface area (Å²) in [5, 5.41) is 17.7. The highest BCUT2D eigenvalue weighted by Crippen LogP contribution is 2.01. The molecule has 15 heavy (non-hydrogen) atoms. The van der Waals surface area contributed by atoms with Crippen LogP contribution in [0.1, 0.15) is 12.0 Å². The van der Waals surface area contributed by atoms with Crippen molar-refractivity contribution in [1.82, 2.24) is 0 Å². The van der Waals surface area contributed by atoms with Crippen LogP contribution in [-0.4, -0.2) is 30.2 Å². The zero-order valence-electron chi connectivity index (χ0n) is 8.30. The monoisotopic (exact) mass is 208 g/mol. The topological polar surface area (TPSA) is 66.8 Å². The lowest BCUT2D eigenvalue weighted by Gasteiger charge is -2.03. The molecule has 0 heterocycles. The zero-order valence-corrected chi connectivity index (χ0v) is 8.30. The van der Waals surface area contributed by atoms with Crippen LogP contribution in [0.4, 0.5) is 0 Å². The average molecular weight is 208 g/mol. The molecule has 0 fully saturated rings. The quantitative estimate of drug-likeness (QED) is 0.374. The molecule has 0 radical (unpaired) electrons. The van der Waals surface area contributed by atoms with Crippen molar-refractivity contribution in [3.63, 3.8) is 0 Å². The normalized spacial score (nSPS) is 9.73. The van der Waals surface area contributed by atoms with E-state index in [9.17, 15) is 4.79 Å². The van der Waals surface area contributed by atoms with Gasteiger partial charge in [-0.2, -0.15) is 0 Å². The SMILES string of the molecule is O=COCCCc1ccc(B(O)O)cc1. The molecular formula is C10H13BO4. The predicted octanol–water partition coefficient (Wildman–Crippen LogP) is -0.528. The fourth-order valence-electron chi connectivity index (χ4n) is 1.26. The van der Waals surface area contributed by atoms with Crippen molar-refractivity contribution in [3.8, 4) is 0 Å². The third-order valence-corrected chi connectivity index (χ3v) is 2.07. The second-order valence-electron chi connectivity index (χ2n) is 3.19. The summed E-state index contributed by atoms with van der Waals surface area (Å²) >= 11 is 0. The number of carbonyl (C=O) groups is 1. The van der Waals surface area contributed by atoms with Crippen molar-refractivity contribution in [2.75, 3.05) is 6.61 Å². The number of carbonyl (C=O) groups excluding carboxylic acids is 1. The second kappa shape index (κ2) is 6.21. The number of rotatable bonds is 6. The van der Waals surface area contributed by atoms with Gasteiger partial charge >= 0.3 is 7.12 Å². The summed E-state index contributed by atoms with van der Waals surface area (Å²) in [6.45, 7) is 0.846. The van der Waals surface area contributed by atoms with Crippen LogP contribution in [0.5, 0.6) is 0 Å². The van der Waals surface area contributed by atoms with E-state index in [1.165, 1.54) is 0 Å². The van der Waals surface area contributed by atoms with Gasteiger partial charge in [-0.05, 0) is 23.9 Å². The van der Waals surface area contributed by atoms with E-state index < -0.39 is 7.12 Å². The molecule has 80 valence electrons. The van der Waals surface area contributed by atoms with Crippen molar-refractivity contribution in [2.24, 2.45) is 0 Å². The summed E-state index contributed by atoms with van der Waals surface area (Å²) in [4.78, 5) is 9.86. The largest absolute Gasteiger partial charge is 0.488 e. The molecule has 4 nitrogen and oxygen atoms in total. The van der Waals surface area contributed by atoms with E-state index in [-0.39, 0.29) is 0 Å². The van der Waals surface area contributed by atoms with Crippen molar-refractivity contribution in [2.45, 2.75) is 12.8 Å². The van der Waals surface area contributed by atoms with Gasteiger partial charge in [0, 0.05) is 0 Å². The van der Waals surface area contributed by atoms with Crippen LogP contribution in [0.25, 0.3) is 0 Å². The molecule has 0 aromatic heterocycles. The summed E-state index contributed by atoms with van der Waals surface area (Å²) in [5.74, 6) is 0. The number of hydrogen-bond donors (Lipinski definition) is 2. The van der Waals surface area contributed by atoms with E-state index in [1.54, 1.807) is 12.1 Å². The molecular weight excluding hydrogens is 195 g/mol. The van der Waals surface area contributed by atoms with Gasteiger partial charge in [0.2, 0.25) is 0 Å². The van der Waals surface area contributed by atoms with Gasteiger partial charge in [0.25, 0.3) is 6.47 Å². The lowest BCUT2D eigenvalue weighted by Crippen LogP contribution is -2.29. The first-order chi connectivity index (χ1) is 7.24. The van der Waals surface area contributed by atoms with Gasteiger partial charge in [-0.15, -0.1) is 0 Å². The van der Waals surface area contributed by atoms with Crippen LogP contribution in [0.3, 0.4) is 0 Å². The van der Waals surface area contributed by atoms with Gasteiger partial charge in [-0.1, -0.05) is 24.3 Å². The molecule has 0 aliphatic rings. The first kappa shape index (κ1) is 11.7. The highest BCUT2D eigenvalue weighted by molar-refractivity contribution is 6.58. The minimum atomic E-state index is -1.42. The second-order valence-corrected chi connectivity index (χ2v) is 3.19. The van der Waals surface area contributed by atoms with Gasteiger partial charge in [-0.25, -0.2) is 0 Å². The average Bonchev–Trinajstić information content (AvgIpc) is 2.25. The van der Waals surface area contributed by atoms with Crippen LogP contribution in [-0.2, 0) is 16.0 Å². The molecule has 2 N–H and O–H groups in total. The maximum absolute atomic E-state index is 9.86. The fourth-order valence-corrected chi connectivity index (χ4v) is 1.26. The molecule has 0 saturated heterocycles. The van der Waals surface area contributed by atoms with Gasteiger partial charge in [0.1, 0.15) is 0 Å². The fraction of sp³-hybridized carbons (Fsp3) is 0.300. The Hall–Kier alpha value is -1.33. The molecule has 0 amide bonds. The predicted molar refractivity (Wildman–Crippen MR) is 56.6 cm³/mol.